The van der Waals surface area contributed by atoms with Crippen molar-refractivity contribution < 1.29 is 27.5 Å². The van der Waals surface area contributed by atoms with Gasteiger partial charge in [-0.2, -0.15) is 13.2 Å². The first kappa shape index (κ1) is 19.2. The summed E-state index contributed by atoms with van der Waals surface area (Å²) in [6.07, 6.45) is -3.67. The van der Waals surface area contributed by atoms with Crippen LogP contribution < -0.4 is 11.3 Å². The normalized spacial score (nSPS) is 11.3. The highest BCUT2D eigenvalue weighted by Gasteiger charge is 2.32. The maximum atomic E-state index is 13.7. The molecule has 0 saturated heterocycles. The Morgan fingerprint density at radius 2 is 1.68 bits per heavy atom. The molecule has 0 unspecified atom stereocenters. The zero-order chi connectivity index (χ0) is 20.5. The van der Waals surface area contributed by atoms with Gasteiger partial charge in [-0.3, -0.25) is 15.2 Å². The van der Waals surface area contributed by atoms with E-state index in [0.29, 0.717) is 0 Å². The number of hydrogen-bond acceptors (Lipinski definition) is 6. The topological polar surface area (TPSA) is 114 Å². The number of hydrazine groups is 1. The van der Waals surface area contributed by atoms with Crippen LogP contribution in [0.3, 0.4) is 0 Å². The van der Waals surface area contributed by atoms with Gasteiger partial charge in [-0.25, -0.2) is 20.2 Å². The number of rotatable bonds is 3. The number of hydrogen-bond donors (Lipinski definition) is 3. The van der Waals surface area contributed by atoms with Gasteiger partial charge in [0, 0.05) is 17.3 Å². The van der Waals surface area contributed by atoms with E-state index in [1.165, 1.54) is 12.1 Å². The molecule has 0 saturated carbocycles. The van der Waals surface area contributed by atoms with E-state index in [4.69, 9.17) is 5.84 Å². The van der Waals surface area contributed by atoms with Gasteiger partial charge in [0.15, 0.2) is 11.6 Å². The lowest BCUT2D eigenvalue weighted by atomic mass is 10.1. The summed E-state index contributed by atoms with van der Waals surface area (Å²) in [6.45, 7) is 0. The molecule has 144 valence electrons. The van der Waals surface area contributed by atoms with E-state index in [1.54, 1.807) is 0 Å². The van der Waals surface area contributed by atoms with E-state index in [2.05, 4.69) is 15.0 Å². The smallest absolute Gasteiger partial charge is 0.433 e. The highest BCUT2D eigenvalue weighted by Crippen LogP contribution is 2.30. The van der Waals surface area contributed by atoms with Gasteiger partial charge in [-0.15, -0.1) is 0 Å². The second-order valence-corrected chi connectivity index (χ2v) is 5.53. The van der Waals surface area contributed by atoms with Crippen LogP contribution in [0.15, 0.2) is 42.6 Å². The molecule has 1 amide bonds. The summed E-state index contributed by atoms with van der Waals surface area (Å²) in [6, 6.07) is 6.65. The Kier molecular flexibility index (Phi) is 4.92. The number of alkyl halides is 3. The van der Waals surface area contributed by atoms with Crippen molar-refractivity contribution in [2.75, 3.05) is 0 Å². The second-order valence-electron chi connectivity index (χ2n) is 5.53. The molecule has 2 heterocycles. The van der Waals surface area contributed by atoms with Gasteiger partial charge in [0.25, 0.3) is 0 Å². The highest BCUT2D eigenvalue weighted by atomic mass is 19.4. The van der Waals surface area contributed by atoms with Crippen LogP contribution in [0.4, 0.5) is 17.6 Å². The van der Waals surface area contributed by atoms with Crippen LogP contribution in [0.25, 0.3) is 22.5 Å². The van der Waals surface area contributed by atoms with E-state index in [9.17, 15) is 27.5 Å². The minimum absolute atomic E-state index is 0.0679. The van der Waals surface area contributed by atoms with Crippen LogP contribution in [-0.2, 0) is 6.18 Å². The number of aromatic hydroxyl groups is 1. The zero-order valence-electron chi connectivity index (χ0n) is 13.8. The fourth-order valence-electron chi connectivity index (χ4n) is 2.29. The van der Waals surface area contributed by atoms with Crippen LogP contribution in [0.2, 0.25) is 0 Å². The third-order valence-electron chi connectivity index (χ3n) is 3.65. The number of phenolic OH excluding ortho intramolecular Hbond substituents is 1. The van der Waals surface area contributed by atoms with E-state index < -0.39 is 29.3 Å². The van der Waals surface area contributed by atoms with Crippen LogP contribution in [0.5, 0.6) is 5.75 Å². The highest BCUT2D eigenvalue weighted by molar-refractivity contribution is 5.91. The Labute approximate surface area is 154 Å². The molecule has 11 heteroatoms. The van der Waals surface area contributed by atoms with Crippen molar-refractivity contribution in [3.8, 4) is 28.3 Å². The SMILES string of the molecule is NNC(=O)c1nc(-c2ccc(C(F)(F)F)nc2)cc(-c2ccc(O)c(F)c2)n1. The third-order valence-corrected chi connectivity index (χ3v) is 3.65. The van der Waals surface area contributed by atoms with E-state index >= 15 is 0 Å². The van der Waals surface area contributed by atoms with Gasteiger partial charge < -0.3 is 5.11 Å². The zero-order valence-corrected chi connectivity index (χ0v) is 13.8. The Morgan fingerprint density at radius 1 is 1.04 bits per heavy atom. The number of nitrogens with one attached hydrogen (secondary N) is 1. The summed E-state index contributed by atoms with van der Waals surface area (Å²) in [5.41, 5.74) is 1.28. The number of benzene rings is 1. The van der Waals surface area contributed by atoms with Crippen molar-refractivity contribution in [3.63, 3.8) is 0 Å². The predicted molar refractivity (Wildman–Crippen MR) is 89.0 cm³/mol. The maximum Gasteiger partial charge on any atom is 0.433 e. The van der Waals surface area contributed by atoms with Crippen molar-refractivity contribution >= 4 is 5.91 Å². The molecule has 0 aliphatic rings. The van der Waals surface area contributed by atoms with Gasteiger partial charge in [-0.1, -0.05) is 0 Å². The summed E-state index contributed by atoms with van der Waals surface area (Å²) in [5, 5.41) is 9.31. The minimum Gasteiger partial charge on any atom is -0.505 e. The average molecular weight is 393 g/mol. The number of aromatic nitrogens is 3. The number of halogens is 4. The first-order chi connectivity index (χ1) is 13.2. The van der Waals surface area contributed by atoms with Crippen molar-refractivity contribution in [2.24, 2.45) is 5.84 Å². The van der Waals surface area contributed by atoms with Gasteiger partial charge in [0.2, 0.25) is 5.82 Å². The molecule has 3 aromatic rings. The van der Waals surface area contributed by atoms with Gasteiger partial charge >= 0.3 is 12.1 Å². The van der Waals surface area contributed by atoms with Crippen LogP contribution in [-0.4, -0.2) is 26.0 Å². The van der Waals surface area contributed by atoms with Gasteiger partial charge in [0.1, 0.15) is 5.69 Å². The lowest BCUT2D eigenvalue weighted by Crippen LogP contribution is -2.31. The molecule has 0 aliphatic heterocycles. The summed E-state index contributed by atoms with van der Waals surface area (Å²) in [7, 11) is 0. The number of nitrogen functional groups attached to an aromatic ring is 1. The maximum absolute atomic E-state index is 13.7. The van der Waals surface area contributed by atoms with E-state index in [-0.39, 0.29) is 28.3 Å². The lowest BCUT2D eigenvalue weighted by Gasteiger charge is -2.10. The van der Waals surface area contributed by atoms with Crippen molar-refractivity contribution in [3.05, 3.63) is 59.9 Å². The monoisotopic (exact) mass is 393 g/mol. The van der Waals surface area contributed by atoms with Crippen LogP contribution >= 0.6 is 0 Å². The molecule has 0 atom stereocenters. The summed E-state index contributed by atoms with van der Waals surface area (Å²) in [4.78, 5) is 23.1. The Balaban J connectivity index is 2.12. The first-order valence-electron chi connectivity index (χ1n) is 7.61. The molecule has 1 aromatic carbocycles. The fraction of sp³-hybridized carbons (Fsp3) is 0.0588. The largest absolute Gasteiger partial charge is 0.505 e. The molecule has 28 heavy (non-hydrogen) atoms. The predicted octanol–water partition coefficient (Wildman–Crippen LogP) is 2.67. The number of carbonyl (C=O) groups excluding carboxylic acids is 1. The molecule has 7 nitrogen and oxygen atoms in total. The van der Waals surface area contributed by atoms with Crippen LogP contribution in [0.1, 0.15) is 16.3 Å². The lowest BCUT2D eigenvalue weighted by molar-refractivity contribution is -0.141. The van der Waals surface area contributed by atoms with Crippen molar-refractivity contribution in [1.29, 1.82) is 0 Å². The molecule has 0 aliphatic carbocycles. The van der Waals surface area contributed by atoms with Crippen molar-refractivity contribution in [2.45, 2.75) is 6.18 Å². The Bertz CT molecular complexity index is 1040. The molecule has 4 N–H and O–H groups in total. The summed E-state index contributed by atoms with van der Waals surface area (Å²) < 4.78 is 51.7. The molecular weight excluding hydrogens is 382 g/mol. The van der Waals surface area contributed by atoms with Crippen LogP contribution in [0, 0.1) is 5.82 Å². The van der Waals surface area contributed by atoms with Crippen molar-refractivity contribution in [1.82, 2.24) is 20.4 Å². The van der Waals surface area contributed by atoms with Gasteiger partial charge in [0.05, 0.1) is 11.4 Å². The number of phenols is 1. The number of amides is 1. The van der Waals surface area contributed by atoms with Gasteiger partial charge in [-0.05, 0) is 36.4 Å². The molecule has 3 rings (SSSR count). The minimum atomic E-state index is -4.61. The quantitative estimate of drug-likeness (QED) is 0.273. The molecule has 0 spiro atoms. The molecule has 0 fully saturated rings. The Morgan fingerprint density at radius 3 is 2.21 bits per heavy atom. The molecule has 2 aromatic heterocycles. The Hall–Kier alpha value is -3.60. The number of nitrogens with two attached hydrogens (primary N) is 1. The number of carbonyl (C=O) groups is 1. The third kappa shape index (κ3) is 3.88. The molecule has 0 radical (unpaired) electrons. The summed E-state index contributed by atoms with van der Waals surface area (Å²) in [5.74, 6) is 2.34. The standard InChI is InChI=1S/C17H11F4N5O2/c18-10-5-8(1-3-13(10)27)11-6-12(25-15(24-11)16(28)26-22)9-2-4-14(23-7-9)17(19,20)21/h1-7,27H,22H2,(H,26,28). The first-order valence-corrected chi connectivity index (χ1v) is 7.61. The second kappa shape index (κ2) is 7.19. The number of nitrogens with zero attached hydrogens (tertiary/aromatic N) is 3. The molecular formula is C17H11F4N5O2. The average Bonchev–Trinajstić information content (AvgIpc) is 2.68. The van der Waals surface area contributed by atoms with E-state index in [0.717, 1.165) is 30.5 Å². The molecule has 0 bridgehead atoms. The summed E-state index contributed by atoms with van der Waals surface area (Å²) >= 11 is 0. The number of pyridine rings is 1. The fourth-order valence-corrected chi connectivity index (χ4v) is 2.29. The van der Waals surface area contributed by atoms with E-state index in [1.807, 2.05) is 5.43 Å².